The normalized spacial score (nSPS) is 19.4. The average molecular weight is 357 g/mol. The van der Waals surface area contributed by atoms with Crippen molar-refractivity contribution in [2.75, 3.05) is 23.3 Å². The molecule has 26 heavy (non-hydrogen) atoms. The molecule has 0 bridgehead atoms. The first kappa shape index (κ1) is 18.4. The number of benzene rings is 1. The second-order valence-electron chi connectivity index (χ2n) is 7.20. The molecule has 1 N–H and O–H groups in total. The van der Waals surface area contributed by atoms with Crippen LogP contribution < -0.4 is 10.2 Å². The first-order chi connectivity index (χ1) is 12.5. The molecule has 2 aliphatic rings. The summed E-state index contributed by atoms with van der Waals surface area (Å²) >= 11 is 0. The highest BCUT2D eigenvalue weighted by Crippen LogP contribution is 2.24. The van der Waals surface area contributed by atoms with Crippen molar-refractivity contribution in [2.24, 2.45) is 0 Å². The van der Waals surface area contributed by atoms with Crippen LogP contribution in [0.25, 0.3) is 0 Å². The molecule has 0 spiro atoms. The fraction of sp³-hybridized carbons (Fsp3) is 0.550. The predicted molar refractivity (Wildman–Crippen MR) is 101 cm³/mol. The number of carbonyl (C=O) groups is 3. The van der Waals surface area contributed by atoms with E-state index < -0.39 is 0 Å². The molecule has 140 valence electrons. The lowest BCUT2D eigenvalue weighted by atomic mass is 10.1. The SMILES string of the molecule is C[C@@H](CC(=O)Nc1cccc(N2CCCCC2=O)c1)N1CCCCC1=O. The van der Waals surface area contributed by atoms with Crippen LogP contribution in [0.1, 0.15) is 51.9 Å². The van der Waals surface area contributed by atoms with Gasteiger partial charge in [-0.15, -0.1) is 0 Å². The number of anilines is 2. The number of hydrogen-bond acceptors (Lipinski definition) is 3. The van der Waals surface area contributed by atoms with E-state index in [0.29, 0.717) is 18.5 Å². The van der Waals surface area contributed by atoms with Crippen molar-refractivity contribution in [3.63, 3.8) is 0 Å². The van der Waals surface area contributed by atoms with Crippen molar-refractivity contribution >= 4 is 29.1 Å². The minimum absolute atomic E-state index is 0.102. The zero-order valence-corrected chi connectivity index (χ0v) is 15.4. The molecule has 0 unspecified atom stereocenters. The van der Waals surface area contributed by atoms with E-state index >= 15 is 0 Å². The topological polar surface area (TPSA) is 69.7 Å². The summed E-state index contributed by atoms with van der Waals surface area (Å²) in [5, 5.41) is 2.91. The summed E-state index contributed by atoms with van der Waals surface area (Å²) in [5.41, 5.74) is 1.51. The fourth-order valence-electron chi connectivity index (χ4n) is 3.71. The Morgan fingerprint density at radius 2 is 1.81 bits per heavy atom. The summed E-state index contributed by atoms with van der Waals surface area (Å²) in [5.74, 6) is 0.164. The van der Waals surface area contributed by atoms with Gasteiger partial charge < -0.3 is 15.1 Å². The second-order valence-corrected chi connectivity index (χ2v) is 7.20. The first-order valence-electron chi connectivity index (χ1n) is 9.54. The molecule has 3 amide bonds. The van der Waals surface area contributed by atoms with Gasteiger partial charge in [0.05, 0.1) is 0 Å². The smallest absolute Gasteiger partial charge is 0.226 e. The molecule has 0 aromatic heterocycles. The van der Waals surface area contributed by atoms with E-state index in [1.807, 2.05) is 36.1 Å². The number of rotatable bonds is 5. The van der Waals surface area contributed by atoms with Crippen molar-refractivity contribution in [3.05, 3.63) is 24.3 Å². The summed E-state index contributed by atoms with van der Waals surface area (Å²) in [6.45, 7) is 3.38. The van der Waals surface area contributed by atoms with E-state index in [1.54, 1.807) is 4.90 Å². The molecule has 2 saturated heterocycles. The van der Waals surface area contributed by atoms with Crippen molar-refractivity contribution < 1.29 is 14.4 Å². The Kier molecular flexibility index (Phi) is 5.91. The highest BCUT2D eigenvalue weighted by molar-refractivity contribution is 5.96. The predicted octanol–water partition coefficient (Wildman–Crippen LogP) is 2.93. The maximum absolute atomic E-state index is 12.4. The van der Waals surface area contributed by atoms with Gasteiger partial charge in [0.2, 0.25) is 17.7 Å². The van der Waals surface area contributed by atoms with Crippen LogP contribution in [0.3, 0.4) is 0 Å². The summed E-state index contributed by atoms with van der Waals surface area (Å²) in [6.07, 6.45) is 5.33. The zero-order chi connectivity index (χ0) is 18.5. The summed E-state index contributed by atoms with van der Waals surface area (Å²) in [7, 11) is 0. The Bertz CT molecular complexity index is 689. The minimum Gasteiger partial charge on any atom is -0.339 e. The summed E-state index contributed by atoms with van der Waals surface area (Å²) in [4.78, 5) is 40.1. The number of hydrogen-bond donors (Lipinski definition) is 1. The van der Waals surface area contributed by atoms with E-state index in [-0.39, 0.29) is 30.2 Å². The number of nitrogens with zero attached hydrogens (tertiary/aromatic N) is 2. The summed E-state index contributed by atoms with van der Waals surface area (Å²) in [6, 6.07) is 7.32. The van der Waals surface area contributed by atoms with Gasteiger partial charge in [-0.2, -0.15) is 0 Å². The van der Waals surface area contributed by atoms with Crippen molar-refractivity contribution in [1.29, 1.82) is 0 Å². The van der Waals surface area contributed by atoms with E-state index in [4.69, 9.17) is 0 Å². The standard InChI is InChI=1S/C20H27N3O3/c1-15(22-11-4-2-9-19(22)25)13-18(24)21-16-7-6-8-17(14-16)23-12-5-3-10-20(23)26/h6-8,14-15H,2-5,9-13H2,1H3,(H,21,24)/t15-/m0/s1. The lowest BCUT2D eigenvalue weighted by Gasteiger charge is -2.32. The number of piperidine rings is 2. The van der Waals surface area contributed by atoms with E-state index in [1.165, 1.54) is 0 Å². The molecule has 2 fully saturated rings. The van der Waals surface area contributed by atoms with Crippen molar-refractivity contribution in [3.8, 4) is 0 Å². The van der Waals surface area contributed by atoms with Gasteiger partial charge in [-0.05, 0) is 50.8 Å². The second kappa shape index (κ2) is 8.34. The third kappa shape index (κ3) is 4.42. The number of nitrogens with one attached hydrogen (secondary N) is 1. The number of likely N-dealkylation sites (tertiary alicyclic amines) is 1. The van der Waals surface area contributed by atoms with Crippen LogP contribution in [-0.2, 0) is 14.4 Å². The van der Waals surface area contributed by atoms with Crippen LogP contribution in [0, 0.1) is 0 Å². The quantitative estimate of drug-likeness (QED) is 0.881. The molecular weight excluding hydrogens is 330 g/mol. The van der Waals surface area contributed by atoms with E-state index in [0.717, 1.165) is 44.5 Å². The number of carbonyl (C=O) groups excluding carboxylic acids is 3. The van der Waals surface area contributed by atoms with Gasteiger partial charge in [-0.1, -0.05) is 6.07 Å². The maximum Gasteiger partial charge on any atom is 0.226 e. The highest BCUT2D eigenvalue weighted by atomic mass is 16.2. The van der Waals surface area contributed by atoms with Gasteiger partial charge in [-0.3, -0.25) is 14.4 Å². The molecule has 1 aromatic rings. The average Bonchev–Trinajstić information content (AvgIpc) is 2.62. The van der Waals surface area contributed by atoms with Gasteiger partial charge in [0.1, 0.15) is 0 Å². The van der Waals surface area contributed by atoms with Crippen LogP contribution in [0.2, 0.25) is 0 Å². The molecule has 1 aromatic carbocycles. The first-order valence-corrected chi connectivity index (χ1v) is 9.54. The van der Waals surface area contributed by atoms with Crippen LogP contribution in [0.5, 0.6) is 0 Å². The Hall–Kier alpha value is -2.37. The molecule has 3 rings (SSSR count). The third-order valence-electron chi connectivity index (χ3n) is 5.14. The largest absolute Gasteiger partial charge is 0.339 e. The van der Waals surface area contributed by atoms with Crippen molar-refractivity contribution in [1.82, 2.24) is 4.90 Å². The highest BCUT2D eigenvalue weighted by Gasteiger charge is 2.25. The Morgan fingerprint density at radius 1 is 1.08 bits per heavy atom. The lowest BCUT2D eigenvalue weighted by molar-refractivity contribution is -0.136. The molecule has 2 heterocycles. The van der Waals surface area contributed by atoms with Gasteiger partial charge in [0, 0.05) is 49.8 Å². The van der Waals surface area contributed by atoms with Crippen LogP contribution in [0.4, 0.5) is 11.4 Å². The lowest BCUT2D eigenvalue weighted by Crippen LogP contribution is -2.43. The molecule has 2 aliphatic heterocycles. The Labute approximate surface area is 154 Å². The molecule has 0 saturated carbocycles. The van der Waals surface area contributed by atoms with Crippen molar-refractivity contribution in [2.45, 2.75) is 57.9 Å². The Morgan fingerprint density at radius 3 is 2.54 bits per heavy atom. The van der Waals surface area contributed by atoms with Gasteiger partial charge >= 0.3 is 0 Å². The molecule has 1 atom stereocenters. The van der Waals surface area contributed by atoms with Gasteiger partial charge in [0.25, 0.3) is 0 Å². The molecular formula is C20H27N3O3. The van der Waals surface area contributed by atoms with Gasteiger partial charge in [0.15, 0.2) is 0 Å². The maximum atomic E-state index is 12.4. The van der Waals surface area contributed by atoms with Gasteiger partial charge in [-0.25, -0.2) is 0 Å². The molecule has 6 nitrogen and oxygen atoms in total. The van der Waals surface area contributed by atoms with Crippen LogP contribution in [0.15, 0.2) is 24.3 Å². The summed E-state index contributed by atoms with van der Waals surface area (Å²) < 4.78 is 0. The fourth-order valence-corrected chi connectivity index (χ4v) is 3.71. The van der Waals surface area contributed by atoms with Crippen LogP contribution in [-0.4, -0.2) is 41.8 Å². The molecule has 0 aliphatic carbocycles. The minimum atomic E-state index is -0.113. The van der Waals surface area contributed by atoms with Crippen LogP contribution >= 0.6 is 0 Å². The number of amides is 3. The molecule has 6 heteroatoms. The Balaban J connectivity index is 1.59. The van der Waals surface area contributed by atoms with E-state index in [2.05, 4.69) is 5.32 Å². The van der Waals surface area contributed by atoms with E-state index in [9.17, 15) is 14.4 Å². The monoisotopic (exact) mass is 357 g/mol. The molecule has 0 radical (unpaired) electrons. The zero-order valence-electron chi connectivity index (χ0n) is 15.4. The third-order valence-corrected chi connectivity index (χ3v) is 5.14.